The molecule has 2 nitrogen and oxygen atoms in total. The molecule has 0 amide bonds. The average Bonchev–Trinajstić information content (AvgIpc) is 2.72. The minimum atomic E-state index is 0.256. The molecule has 1 atom stereocenters. The van der Waals surface area contributed by atoms with Crippen molar-refractivity contribution in [2.24, 2.45) is 0 Å². The molecule has 1 unspecified atom stereocenters. The summed E-state index contributed by atoms with van der Waals surface area (Å²) in [5.41, 5.74) is 3.40. The third-order valence-electron chi connectivity index (χ3n) is 3.52. The summed E-state index contributed by atoms with van der Waals surface area (Å²) in [5.74, 6) is 0.937. The van der Waals surface area contributed by atoms with Gasteiger partial charge in [-0.05, 0) is 42.2 Å². The zero-order valence-corrected chi connectivity index (χ0v) is 9.43. The molecule has 2 heteroatoms. The lowest BCUT2D eigenvalue weighted by Crippen LogP contribution is -1.96. The van der Waals surface area contributed by atoms with Crippen LogP contribution in [0, 0.1) is 0 Å². The van der Waals surface area contributed by atoms with Crippen LogP contribution in [-0.2, 0) is 6.42 Å². The van der Waals surface area contributed by atoms with Gasteiger partial charge in [-0.2, -0.15) is 0 Å². The van der Waals surface area contributed by atoms with Crippen LogP contribution in [0.2, 0.25) is 0 Å². The lowest BCUT2D eigenvalue weighted by atomic mass is 9.92. The molecule has 1 aliphatic carbocycles. The molecule has 0 aliphatic heterocycles. The highest BCUT2D eigenvalue weighted by atomic mass is 16.3. The zero-order valence-electron chi connectivity index (χ0n) is 9.43. The van der Waals surface area contributed by atoms with Crippen molar-refractivity contribution in [2.45, 2.75) is 18.8 Å². The van der Waals surface area contributed by atoms with Crippen LogP contribution in [0.15, 0.2) is 42.5 Å². The molecule has 2 N–H and O–H groups in total. The Kier molecular flexibility index (Phi) is 2.29. The molecule has 3 rings (SSSR count). The van der Waals surface area contributed by atoms with E-state index in [9.17, 15) is 10.2 Å². The summed E-state index contributed by atoms with van der Waals surface area (Å²) in [6.45, 7) is 0. The van der Waals surface area contributed by atoms with Crippen LogP contribution in [0.1, 0.15) is 29.0 Å². The Morgan fingerprint density at radius 3 is 2.59 bits per heavy atom. The fourth-order valence-electron chi connectivity index (χ4n) is 2.71. The number of aromatic hydroxyl groups is 2. The summed E-state index contributed by atoms with van der Waals surface area (Å²) in [5, 5.41) is 19.4. The standard InChI is InChI=1S/C15H14O2/c16-11-6-8-12-10(9-11)5-7-13(12)14-3-1-2-4-15(14)17/h1-4,6,8-9,13,16-17H,5,7H2. The number of phenols is 2. The zero-order chi connectivity index (χ0) is 11.8. The van der Waals surface area contributed by atoms with E-state index in [0.29, 0.717) is 11.5 Å². The van der Waals surface area contributed by atoms with E-state index in [1.165, 1.54) is 11.1 Å². The van der Waals surface area contributed by atoms with Crippen molar-refractivity contribution in [1.29, 1.82) is 0 Å². The maximum absolute atomic E-state index is 9.90. The van der Waals surface area contributed by atoms with Crippen molar-refractivity contribution in [2.75, 3.05) is 0 Å². The molecule has 0 radical (unpaired) electrons. The number of hydrogen-bond acceptors (Lipinski definition) is 2. The fraction of sp³-hybridized carbons (Fsp3) is 0.200. The highest BCUT2D eigenvalue weighted by Crippen LogP contribution is 2.42. The highest BCUT2D eigenvalue weighted by Gasteiger charge is 2.25. The lowest BCUT2D eigenvalue weighted by Gasteiger charge is -2.13. The average molecular weight is 226 g/mol. The monoisotopic (exact) mass is 226 g/mol. The summed E-state index contributed by atoms with van der Waals surface area (Å²) in [7, 11) is 0. The Bertz CT molecular complexity index is 561. The lowest BCUT2D eigenvalue weighted by molar-refractivity contribution is 0.464. The summed E-state index contributed by atoms with van der Waals surface area (Å²) < 4.78 is 0. The second-order valence-electron chi connectivity index (χ2n) is 4.53. The van der Waals surface area contributed by atoms with Crippen molar-refractivity contribution in [1.82, 2.24) is 0 Å². The molecule has 0 saturated heterocycles. The predicted octanol–water partition coefficient (Wildman–Crippen LogP) is 3.18. The molecule has 2 aromatic carbocycles. The Labute approximate surface area is 100 Å². The second kappa shape index (κ2) is 3.81. The first kappa shape index (κ1) is 10.2. The largest absolute Gasteiger partial charge is 0.508 e. The minimum absolute atomic E-state index is 0.256. The van der Waals surface area contributed by atoms with Gasteiger partial charge in [0, 0.05) is 11.5 Å². The van der Waals surface area contributed by atoms with Gasteiger partial charge in [-0.15, -0.1) is 0 Å². The normalized spacial score (nSPS) is 18.0. The molecular formula is C15H14O2. The van der Waals surface area contributed by atoms with Crippen LogP contribution < -0.4 is 0 Å². The van der Waals surface area contributed by atoms with Gasteiger partial charge in [-0.25, -0.2) is 0 Å². The van der Waals surface area contributed by atoms with Crippen molar-refractivity contribution in [3.05, 3.63) is 59.2 Å². The third-order valence-corrected chi connectivity index (χ3v) is 3.52. The molecule has 17 heavy (non-hydrogen) atoms. The van der Waals surface area contributed by atoms with E-state index < -0.39 is 0 Å². The quantitative estimate of drug-likeness (QED) is 0.784. The van der Waals surface area contributed by atoms with Crippen molar-refractivity contribution in [3.63, 3.8) is 0 Å². The van der Waals surface area contributed by atoms with Crippen LogP contribution >= 0.6 is 0 Å². The molecule has 0 bridgehead atoms. The van der Waals surface area contributed by atoms with Gasteiger partial charge < -0.3 is 10.2 Å². The van der Waals surface area contributed by atoms with Crippen LogP contribution in [0.25, 0.3) is 0 Å². The molecular weight excluding hydrogens is 212 g/mol. The molecule has 2 aromatic rings. The van der Waals surface area contributed by atoms with Gasteiger partial charge >= 0.3 is 0 Å². The number of fused-ring (bicyclic) bond motifs is 1. The maximum Gasteiger partial charge on any atom is 0.119 e. The summed E-state index contributed by atoms with van der Waals surface area (Å²) in [6.07, 6.45) is 1.96. The van der Waals surface area contributed by atoms with E-state index in [-0.39, 0.29) is 5.92 Å². The Balaban J connectivity index is 2.07. The van der Waals surface area contributed by atoms with E-state index in [2.05, 4.69) is 0 Å². The van der Waals surface area contributed by atoms with Gasteiger partial charge in [-0.1, -0.05) is 24.3 Å². The first-order chi connectivity index (χ1) is 8.25. The number of phenolic OH excluding ortho intramolecular Hbond substituents is 2. The Hall–Kier alpha value is -1.96. The molecule has 1 aliphatic rings. The number of para-hydroxylation sites is 1. The predicted molar refractivity (Wildman–Crippen MR) is 66.4 cm³/mol. The number of rotatable bonds is 1. The van der Waals surface area contributed by atoms with Crippen molar-refractivity contribution >= 4 is 0 Å². The van der Waals surface area contributed by atoms with E-state index in [4.69, 9.17) is 0 Å². The molecule has 0 aromatic heterocycles. The first-order valence-electron chi connectivity index (χ1n) is 5.85. The van der Waals surface area contributed by atoms with Crippen LogP contribution in [0.4, 0.5) is 0 Å². The second-order valence-corrected chi connectivity index (χ2v) is 4.53. The Morgan fingerprint density at radius 1 is 0.941 bits per heavy atom. The van der Waals surface area contributed by atoms with Crippen molar-refractivity contribution in [3.8, 4) is 11.5 Å². The molecule has 86 valence electrons. The van der Waals surface area contributed by atoms with Crippen LogP contribution in [-0.4, -0.2) is 10.2 Å². The topological polar surface area (TPSA) is 40.5 Å². The molecule has 0 saturated carbocycles. The summed E-state index contributed by atoms with van der Waals surface area (Å²) in [6, 6.07) is 13.0. The van der Waals surface area contributed by atoms with E-state index in [1.807, 2.05) is 30.3 Å². The molecule has 0 spiro atoms. The number of hydrogen-bond donors (Lipinski definition) is 2. The van der Waals surface area contributed by atoms with Gasteiger partial charge in [0.05, 0.1) is 0 Å². The van der Waals surface area contributed by atoms with Crippen LogP contribution in [0.5, 0.6) is 11.5 Å². The van der Waals surface area contributed by atoms with Gasteiger partial charge in [-0.3, -0.25) is 0 Å². The maximum atomic E-state index is 9.90. The molecule has 0 fully saturated rings. The van der Waals surface area contributed by atoms with E-state index in [1.54, 1.807) is 12.1 Å². The number of benzene rings is 2. The SMILES string of the molecule is Oc1ccc2c(c1)CCC2c1ccccc1O. The number of aryl methyl sites for hydroxylation is 1. The fourth-order valence-corrected chi connectivity index (χ4v) is 2.71. The third kappa shape index (κ3) is 1.66. The smallest absolute Gasteiger partial charge is 0.119 e. The van der Waals surface area contributed by atoms with Gasteiger partial charge in [0.2, 0.25) is 0 Å². The summed E-state index contributed by atoms with van der Waals surface area (Å²) >= 11 is 0. The minimum Gasteiger partial charge on any atom is -0.508 e. The van der Waals surface area contributed by atoms with Gasteiger partial charge in [0.25, 0.3) is 0 Å². The van der Waals surface area contributed by atoms with Gasteiger partial charge in [0.15, 0.2) is 0 Å². The van der Waals surface area contributed by atoms with Crippen LogP contribution in [0.3, 0.4) is 0 Å². The summed E-state index contributed by atoms with van der Waals surface area (Å²) in [4.78, 5) is 0. The molecule has 0 heterocycles. The first-order valence-corrected chi connectivity index (χ1v) is 5.85. The highest BCUT2D eigenvalue weighted by molar-refractivity contribution is 5.48. The van der Waals surface area contributed by atoms with Crippen molar-refractivity contribution < 1.29 is 10.2 Å². The van der Waals surface area contributed by atoms with E-state index in [0.717, 1.165) is 18.4 Å². The van der Waals surface area contributed by atoms with Gasteiger partial charge in [0.1, 0.15) is 11.5 Å². The van der Waals surface area contributed by atoms with E-state index >= 15 is 0 Å². The Morgan fingerprint density at radius 2 is 1.76 bits per heavy atom.